The molecule has 2 nitrogen and oxygen atoms in total. The zero-order valence-electron chi connectivity index (χ0n) is 13.6. The molecule has 0 fully saturated rings. The van der Waals surface area contributed by atoms with Gasteiger partial charge in [-0.05, 0) is 24.1 Å². The molecule has 0 aliphatic carbocycles. The van der Waals surface area contributed by atoms with E-state index in [0.717, 1.165) is 6.42 Å². The Bertz CT molecular complexity index is 593. The Balaban J connectivity index is 1.88. The Kier molecular flexibility index (Phi) is 5.55. The highest BCUT2D eigenvalue weighted by atomic mass is 28.3. The van der Waals surface area contributed by atoms with Crippen LogP contribution in [0.4, 0.5) is 0 Å². The van der Waals surface area contributed by atoms with Crippen LogP contribution >= 0.6 is 0 Å². The normalized spacial score (nSPS) is 12.7. The highest BCUT2D eigenvalue weighted by Crippen LogP contribution is 2.24. The largest absolute Gasteiger partial charge is 0.462 e. The van der Waals surface area contributed by atoms with E-state index >= 15 is 0 Å². The third-order valence-corrected chi connectivity index (χ3v) is 9.12. The van der Waals surface area contributed by atoms with E-state index in [1.165, 1.54) is 5.19 Å². The molecule has 0 heterocycles. The van der Waals surface area contributed by atoms with Gasteiger partial charge in [0.1, 0.15) is 0 Å². The van der Waals surface area contributed by atoms with Crippen LogP contribution in [0.2, 0.25) is 18.6 Å². The SMILES string of the molecule is CC(CCOC(=O)c1ccccc1)[Si](C)(C)c1ccccc1. The number of carbonyl (C=O) groups excluding carboxylic acids is 1. The summed E-state index contributed by atoms with van der Waals surface area (Å²) < 4.78 is 5.41. The number of esters is 1. The molecular weight excluding hydrogens is 288 g/mol. The van der Waals surface area contributed by atoms with Crippen molar-refractivity contribution >= 4 is 19.2 Å². The molecule has 0 radical (unpaired) electrons. The average molecular weight is 312 g/mol. The molecule has 0 saturated heterocycles. The first kappa shape index (κ1) is 16.5. The first-order valence-electron chi connectivity index (χ1n) is 7.79. The van der Waals surface area contributed by atoms with Gasteiger partial charge in [-0.25, -0.2) is 4.79 Å². The fraction of sp³-hybridized carbons (Fsp3) is 0.316. The molecule has 2 aromatic rings. The lowest BCUT2D eigenvalue weighted by atomic mass is 10.2. The van der Waals surface area contributed by atoms with Gasteiger partial charge in [0.15, 0.2) is 0 Å². The molecule has 0 bridgehead atoms. The summed E-state index contributed by atoms with van der Waals surface area (Å²) in [6, 6.07) is 19.9. The van der Waals surface area contributed by atoms with Crippen molar-refractivity contribution in [3.8, 4) is 0 Å². The third-order valence-electron chi connectivity index (χ3n) is 4.54. The Morgan fingerprint density at radius 1 is 1.00 bits per heavy atom. The van der Waals surface area contributed by atoms with Crippen LogP contribution < -0.4 is 5.19 Å². The monoisotopic (exact) mass is 312 g/mol. The van der Waals surface area contributed by atoms with Gasteiger partial charge in [-0.3, -0.25) is 0 Å². The molecule has 0 spiro atoms. The Morgan fingerprint density at radius 3 is 2.14 bits per heavy atom. The quantitative estimate of drug-likeness (QED) is 0.589. The minimum atomic E-state index is -1.53. The molecule has 0 N–H and O–H groups in total. The predicted octanol–water partition coefficient (Wildman–Crippen LogP) is 4.24. The molecule has 0 saturated carbocycles. The molecule has 116 valence electrons. The lowest BCUT2D eigenvalue weighted by Crippen LogP contribution is -2.45. The minimum absolute atomic E-state index is 0.230. The number of benzene rings is 2. The smallest absolute Gasteiger partial charge is 0.338 e. The maximum atomic E-state index is 11.9. The minimum Gasteiger partial charge on any atom is -0.462 e. The number of carbonyl (C=O) groups is 1. The van der Waals surface area contributed by atoms with E-state index in [2.05, 4.69) is 50.3 Å². The van der Waals surface area contributed by atoms with E-state index < -0.39 is 8.07 Å². The van der Waals surface area contributed by atoms with Gasteiger partial charge in [-0.15, -0.1) is 0 Å². The fourth-order valence-electron chi connectivity index (χ4n) is 2.50. The number of rotatable bonds is 6. The summed E-state index contributed by atoms with van der Waals surface area (Å²) >= 11 is 0. The Hall–Kier alpha value is -1.87. The molecule has 0 aliphatic heterocycles. The number of ether oxygens (including phenoxy) is 1. The van der Waals surface area contributed by atoms with Crippen LogP contribution in [0.25, 0.3) is 0 Å². The van der Waals surface area contributed by atoms with E-state index in [4.69, 9.17) is 4.74 Å². The van der Waals surface area contributed by atoms with E-state index in [1.54, 1.807) is 12.1 Å². The molecule has 1 atom stereocenters. The molecule has 0 aromatic heterocycles. The van der Waals surface area contributed by atoms with Crippen LogP contribution in [0.3, 0.4) is 0 Å². The Morgan fingerprint density at radius 2 is 1.55 bits per heavy atom. The van der Waals surface area contributed by atoms with Gasteiger partial charge < -0.3 is 4.74 Å². The molecule has 2 aromatic carbocycles. The summed E-state index contributed by atoms with van der Waals surface area (Å²) in [6.45, 7) is 7.52. The highest BCUT2D eigenvalue weighted by Gasteiger charge is 2.30. The zero-order valence-corrected chi connectivity index (χ0v) is 14.6. The summed E-state index contributed by atoms with van der Waals surface area (Å²) in [5, 5.41) is 1.46. The summed E-state index contributed by atoms with van der Waals surface area (Å²) in [5.41, 5.74) is 1.17. The summed E-state index contributed by atoms with van der Waals surface area (Å²) in [5.74, 6) is -0.230. The van der Waals surface area contributed by atoms with Gasteiger partial charge in [0.25, 0.3) is 0 Å². The van der Waals surface area contributed by atoms with Gasteiger partial charge in [0, 0.05) is 0 Å². The first-order valence-corrected chi connectivity index (χ1v) is 10.9. The van der Waals surface area contributed by atoms with E-state index in [0.29, 0.717) is 17.7 Å². The van der Waals surface area contributed by atoms with E-state index in [9.17, 15) is 4.79 Å². The van der Waals surface area contributed by atoms with Gasteiger partial charge >= 0.3 is 5.97 Å². The van der Waals surface area contributed by atoms with Gasteiger partial charge in [-0.1, -0.05) is 73.7 Å². The second kappa shape index (κ2) is 7.41. The van der Waals surface area contributed by atoms with Crippen molar-refractivity contribution in [3.05, 3.63) is 66.2 Å². The van der Waals surface area contributed by atoms with Crippen molar-refractivity contribution in [2.75, 3.05) is 6.61 Å². The van der Waals surface area contributed by atoms with Gasteiger partial charge in [0.05, 0.1) is 20.2 Å². The van der Waals surface area contributed by atoms with Crippen molar-refractivity contribution in [1.82, 2.24) is 0 Å². The van der Waals surface area contributed by atoms with Crippen molar-refractivity contribution in [2.24, 2.45) is 0 Å². The molecule has 0 amide bonds. The lowest BCUT2D eigenvalue weighted by molar-refractivity contribution is 0.0499. The number of hydrogen-bond acceptors (Lipinski definition) is 2. The topological polar surface area (TPSA) is 26.3 Å². The van der Waals surface area contributed by atoms with Crippen LogP contribution in [0.1, 0.15) is 23.7 Å². The van der Waals surface area contributed by atoms with Gasteiger partial charge in [0.2, 0.25) is 0 Å². The van der Waals surface area contributed by atoms with Gasteiger partial charge in [-0.2, -0.15) is 0 Å². The molecule has 22 heavy (non-hydrogen) atoms. The second-order valence-corrected chi connectivity index (χ2v) is 11.3. The Labute approximate surface area is 134 Å². The van der Waals surface area contributed by atoms with Crippen LogP contribution in [-0.4, -0.2) is 20.7 Å². The van der Waals surface area contributed by atoms with Crippen molar-refractivity contribution in [2.45, 2.75) is 32.0 Å². The zero-order chi connectivity index (χ0) is 16.0. The van der Waals surface area contributed by atoms with Crippen molar-refractivity contribution in [1.29, 1.82) is 0 Å². The lowest BCUT2D eigenvalue weighted by Gasteiger charge is -2.30. The van der Waals surface area contributed by atoms with E-state index in [-0.39, 0.29) is 5.97 Å². The fourth-order valence-corrected chi connectivity index (χ4v) is 4.96. The van der Waals surface area contributed by atoms with Crippen LogP contribution in [0.15, 0.2) is 60.7 Å². The second-order valence-electron chi connectivity index (χ2n) is 6.28. The standard InChI is InChI=1S/C19H24O2Si/c1-16(22(2,3)18-12-8-5-9-13-18)14-15-21-19(20)17-10-6-4-7-11-17/h4-13,16H,14-15H2,1-3H3. The van der Waals surface area contributed by atoms with Crippen molar-refractivity contribution in [3.63, 3.8) is 0 Å². The first-order chi connectivity index (χ1) is 10.5. The molecular formula is C19H24O2Si. The predicted molar refractivity (Wildman–Crippen MR) is 94.3 cm³/mol. The third kappa shape index (κ3) is 4.07. The highest BCUT2D eigenvalue weighted by molar-refractivity contribution is 6.90. The van der Waals surface area contributed by atoms with Crippen LogP contribution in [0.5, 0.6) is 0 Å². The molecule has 3 heteroatoms. The molecule has 1 unspecified atom stereocenters. The molecule has 2 rings (SSSR count). The summed E-state index contributed by atoms with van der Waals surface area (Å²) in [6.07, 6.45) is 0.909. The van der Waals surface area contributed by atoms with Crippen LogP contribution in [-0.2, 0) is 4.74 Å². The maximum absolute atomic E-state index is 11.9. The van der Waals surface area contributed by atoms with E-state index in [1.807, 2.05) is 18.2 Å². The molecule has 0 aliphatic rings. The maximum Gasteiger partial charge on any atom is 0.338 e. The summed E-state index contributed by atoms with van der Waals surface area (Å²) in [4.78, 5) is 11.9. The van der Waals surface area contributed by atoms with Crippen molar-refractivity contribution < 1.29 is 9.53 Å². The average Bonchev–Trinajstić information content (AvgIpc) is 2.56. The number of hydrogen-bond donors (Lipinski definition) is 0. The summed E-state index contributed by atoms with van der Waals surface area (Å²) in [7, 11) is -1.53. The van der Waals surface area contributed by atoms with Crippen LogP contribution in [0, 0.1) is 0 Å².